The summed E-state index contributed by atoms with van der Waals surface area (Å²) in [5.74, 6) is 1.21. The maximum atomic E-state index is 5.48. The molecule has 0 aliphatic carbocycles. The van der Waals surface area contributed by atoms with Gasteiger partial charge in [0.25, 0.3) is 0 Å². The molecule has 1 atom stereocenters. The monoisotopic (exact) mass is 161 g/mol. The molecule has 0 amide bonds. The van der Waals surface area contributed by atoms with Crippen LogP contribution in [0.3, 0.4) is 0 Å². The van der Waals surface area contributed by atoms with Gasteiger partial charge >= 0.3 is 0 Å². The highest BCUT2D eigenvalue weighted by molar-refractivity contribution is 7.99. The molecule has 1 heterocycles. The third-order valence-electron chi connectivity index (χ3n) is 1.40. The first-order valence-corrected chi connectivity index (χ1v) is 4.92. The molecule has 0 aromatic carbocycles. The summed E-state index contributed by atoms with van der Waals surface area (Å²) in [7, 11) is 0. The second-order valence-corrected chi connectivity index (χ2v) is 3.64. The normalized spacial score (nSPS) is 26.7. The number of rotatable bonds is 3. The van der Waals surface area contributed by atoms with E-state index in [2.05, 4.69) is 12.2 Å². The molecule has 1 rings (SSSR count). The Labute approximate surface area is 66.7 Å². The maximum absolute atomic E-state index is 5.48. The minimum atomic E-state index is 0.411. The topological polar surface area (TPSA) is 21.3 Å². The van der Waals surface area contributed by atoms with E-state index >= 15 is 0 Å². The fourth-order valence-corrected chi connectivity index (χ4v) is 1.82. The molecular weight excluding hydrogens is 146 g/mol. The summed E-state index contributed by atoms with van der Waals surface area (Å²) in [4.78, 5) is 0. The summed E-state index contributed by atoms with van der Waals surface area (Å²) in [5.41, 5.74) is 0.411. The van der Waals surface area contributed by atoms with Gasteiger partial charge in [0, 0.05) is 13.1 Å². The standard InChI is InChI=1S/C7H15NOS/c1-2-5-10-7-6-8-3-4-9-7/h7-8H,2-6H2,1H3. The molecule has 1 aliphatic heterocycles. The van der Waals surface area contributed by atoms with Gasteiger partial charge in [-0.1, -0.05) is 6.92 Å². The lowest BCUT2D eigenvalue weighted by Gasteiger charge is -2.22. The number of morpholine rings is 1. The molecule has 1 fully saturated rings. The van der Waals surface area contributed by atoms with Crippen LogP contribution in [0.2, 0.25) is 0 Å². The Morgan fingerprint density at radius 1 is 1.70 bits per heavy atom. The fraction of sp³-hybridized carbons (Fsp3) is 1.00. The Kier molecular flexibility index (Phi) is 4.18. The predicted molar refractivity (Wildman–Crippen MR) is 45.4 cm³/mol. The second-order valence-electron chi connectivity index (χ2n) is 2.38. The highest BCUT2D eigenvalue weighted by Gasteiger charge is 2.11. The van der Waals surface area contributed by atoms with Gasteiger partial charge in [0.2, 0.25) is 0 Å². The van der Waals surface area contributed by atoms with Crippen LogP contribution in [0.5, 0.6) is 0 Å². The molecular formula is C7H15NOS. The Morgan fingerprint density at radius 2 is 2.60 bits per heavy atom. The zero-order valence-electron chi connectivity index (χ0n) is 6.43. The summed E-state index contributed by atoms with van der Waals surface area (Å²) in [5, 5.41) is 3.30. The van der Waals surface area contributed by atoms with Gasteiger partial charge in [-0.15, -0.1) is 11.8 Å². The highest BCUT2D eigenvalue weighted by Crippen LogP contribution is 2.13. The number of thioether (sulfide) groups is 1. The summed E-state index contributed by atoms with van der Waals surface area (Å²) >= 11 is 1.91. The van der Waals surface area contributed by atoms with E-state index in [1.54, 1.807) is 0 Å². The molecule has 1 N–H and O–H groups in total. The Hall–Kier alpha value is 0.270. The Bertz CT molecular complexity index is 83.7. The van der Waals surface area contributed by atoms with Gasteiger partial charge in [0.15, 0.2) is 0 Å². The minimum Gasteiger partial charge on any atom is -0.365 e. The molecule has 60 valence electrons. The number of nitrogens with one attached hydrogen (secondary N) is 1. The van der Waals surface area contributed by atoms with Crippen LogP contribution in [-0.2, 0) is 4.74 Å². The molecule has 1 unspecified atom stereocenters. The zero-order chi connectivity index (χ0) is 7.23. The van der Waals surface area contributed by atoms with Crippen molar-refractivity contribution < 1.29 is 4.74 Å². The average Bonchev–Trinajstić information content (AvgIpc) is 2.03. The van der Waals surface area contributed by atoms with Crippen molar-refractivity contribution in [1.29, 1.82) is 0 Å². The van der Waals surface area contributed by atoms with E-state index in [1.807, 2.05) is 11.8 Å². The number of hydrogen-bond acceptors (Lipinski definition) is 3. The van der Waals surface area contributed by atoms with Crippen LogP contribution >= 0.6 is 11.8 Å². The molecule has 3 heteroatoms. The van der Waals surface area contributed by atoms with E-state index in [1.165, 1.54) is 12.2 Å². The van der Waals surface area contributed by atoms with Gasteiger partial charge in [-0.3, -0.25) is 0 Å². The molecule has 0 spiro atoms. The number of hydrogen-bond donors (Lipinski definition) is 1. The van der Waals surface area contributed by atoms with E-state index in [9.17, 15) is 0 Å². The van der Waals surface area contributed by atoms with Crippen molar-refractivity contribution in [2.45, 2.75) is 18.8 Å². The first kappa shape index (κ1) is 8.37. The van der Waals surface area contributed by atoms with E-state index in [0.29, 0.717) is 5.44 Å². The molecule has 10 heavy (non-hydrogen) atoms. The van der Waals surface area contributed by atoms with Crippen LogP contribution in [0.4, 0.5) is 0 Å². The van der Waals surface area contributed by atoms with E-state index in [4.69, 9.17) is 4.74 Å². The Balaban J connectivity index is 2.02. The summed E-state index contributed by atoms with van der Waals surface area (Å²) < 4.78 is 5.48. The highest BCUT2D eigenvalue weighted by atomic mass is 32.2. The first-order chi connectivity index (χ1) is 4.93. The van der Waals surface area contributed by atoms with Gasteiger partial charge in [-0.2, -0.15) is 0 Å². The lowest BCUT2D eigenvalue weighted by molar-refractivity contribution is 0.0853. The predicted octanol–water partition coefficient (Wildman–Crippen LogP) is 1.08. The molecule has 0 aromatic heterocycles. The third-order valence-corrected chi connectivity index (χ3v) is 2.72. The zero-order valence-corrected chi connectivity index (χ0v) is 7.25. The second kappa shape index (κ2) is 4.99. The molecule has 0 bridgehead atoms. The van der Waals surface area contributed by atoms with Crippen molar-refractivity contribution in [2.75, 3.05) is 25.4 Å². The summed E-state index contributed by atoms with van der Waals surface area (Å²) in [6.45, 7) is 5.11. The minimum absolute atomic E-state index is 0.411. The van der Waals surface area contributed by atoms with Gasteiger partial charge in [0.05, 0.1) is 6.61 Å². The summed E-state index contributed by atoms with van der Waals surface area (Å²) in [6, 6.07) is 0. The van der Waals surface area contributed by atoms with Crippen molar-refractivity contribution in [2.24, 2.45) is 0 Å². The lowest BCUT2D eigenvalue weighted by atomic mass is 10.5. The van der Waals surface area contributed by atoms with Crippen molar-refractivity contribution in [1.82, 2.24) is 5.32 Å². The summed E-state index contributed by atoms with van der Waals surface area (Å²) in [6.07, 6.45) is 1.24. The smallest absolute Gasteiger partial charge is 0.115 e. The van der Waals surface area contributed by atoms with E-state index in [-0.39, 0.29) is 0 Å². The maximum Gasteiger partial charge on any atom is 0.115 e. The van der Waals surface area contributed by atoms with Crippen LogP contribution in [0.1, 0.15) is 13.3 Å². The van der Waals surface area contributed by atoms with Crippen LogP contribution in [0.15, 0.2) is 0 Å². The molecule has 2 nitrogen and oxygen atoms in total. The molecule has 0 saturated carbocycles. The molecule has 0 radical (unpaired) electrons. The van der Waals surface area contributed by atoms with E-state index in [0.717, 1.165) is 19.7 Å². The molecule has 0 aromatic rings. The fourth-order valence-electron chi connectivity index (χ4n) is 0.898. The van der Waals surface area contributed by atoms with Crippen LogP contribution in [0.25, 0.3) is 0 Å². The lowest BCUT2D eigenvalue weighted by Crippen LogP contribution is -2.36. The number of ether oxygens (including phenoxy) is 1. The van der Waals surface area contributed by atoms with Crippen LogP contribution in [-0.4, -0.2) is 30.9 Å². The van der Waals surface area contributed by atoms with Crippen LogP contribution in [0, 0.1) is 0 Å². The largest absolute Gasteiger partial charge is 0.365 e. The molecule has 1 saturated heterocycles. The van der Waals surface area contributed by atoms with Gasteiger partial charge in [-0.05, 0) is 12.2 Å². The third kappa shape index (κ3) is 2.90. The van der Waals surface area contributed by atoms with Crippen molar-refractivity contribution in [3.8, 4) is 0 Å². The average molecular weight is 161 g/mol. The molecule has 1 aliphatic rings. The van der Waals surface area contributed by atoms with Crippen molar-refractivity contribution in [3.63, 3.8) is 0 Å². The van der Waals surface area contributed by atoms with Gasteiger partial charge < -0.3 is 10.1 Å². The quantitative estimate of drug-likeness (QED) is 0.669. The van der Waals surface area contributed by atoms with Crippen molar-refractivity contribution >= 4 is 11.8 Å². The first-order valence-electron chi connectivity index (χ1n) is 3.87. The Morgan fingerprint density at radius 3 is 3.20 bits per heavy atom. The van der Waals surface area contributed by atoms with Gasteiger partial charge in [-0.25, -0.2) is 0 Å². The SMILES string of the molecule is CCCSC1CNCCO1. The van der Waals surface area contributed by atoms with E-state index < -0.39 is 0 Å². The van der Waals surface area contributed by atoms with Gasteiger partial charge in [0.1, 0.15) is 5.44 Å². The van der Waals surface area contributed by atoms with Crippen molar-refractivity contribution in [3.05, 3.63) is 0 Å². The van der Waals surface area contributed by atoms with Crippen LogP contribution < -0.4 is 5.32 Å².